The Bertz CT molecular complexity index is 1060. The van der Waals surface area contributed by atoms with E-state index in [0.29, 0.717) is 23.7 Å². The molecule has 2 amide bonds. The molecule has 0 radical (unpaired) electrons. The summed E-state index contributed by atoms with van der Waals surface area (Å²) >= 11 is 1.41. The fourth-order valence-electron chi connectivity index (χ4n) is 4.50. The van der Waals surface area contributed by atoms with Gasteiger partial charge in [0, 0.05) is 38.3 Å². The summed E-state index contributed by atoms with van der Waals surface area (Å²) in [7, 11) is 1.77. The average Bonchev–Trinajstić information content (AvgIpc) is 3.51. The van der Waals surface area contributed by atoms with Gasteiger partial charge in [0.15, 0.2) is 0 Å². The molecule has 1 saturated heterocycles. The second-order valence-corrected chi connectivity index (χ2v) is 8.60. The zero-order valence-corrected chi connectivity index (χ0v) is 16.8. The number of nitrogens with zero attached hydrogens (tertiary/aromatic N) is 6. The van der Waals surface area contributed by atoms with Crippen molar-refractivity contribution in [1.82, 2.24) is 34.8 Å². The molecule has 29 heavy (non-hydrogen) atoms. The third kappa shape index (κ3) is 2.94. The van der Waals surface area contributed by atoms with Gasteiger partial charge in [0.2, 0.25) is 0 Å². The van der Waals surface area contributed by atoms with Crippen molar-refractivity contribution in [3.63, 3.8) is 0 Å². The van der Waals surface area contributed by atoms with Crippen LogP contribution in [0.4, 0.5) is 0 Å². The largest absolute Gasteiger partial charge is 0.341 e. The number of thiophene rings is 1. The molecule has 0 aliphatic carbocycles. The Labute approximate surface area is 171 Å². The molecule has 1 fully saturated rings. The third-order valence-electron chi connectivity index (χ3n) is 6.07. The first-order valence-corrected chi connectivity index (χ1v) is 10.4. The van der Waals surface area contributed by atoms with Gasteiger partial charge in [-0.1, -0.05) is 6.07 Å². The molecule has 2 aliphatic rings. The number of likely N-dealkylation sites (tertiary alicyclic amines) is 1. The smallest absolute Gasteiger partial charge is 0.272 e. The number of aromatic nitrogens is 5. The number of aryl methyl sites for hydroxylation is 2. The molecule has 1 N–H and O–H groups in total. The van der Waals surface area contributed by atoms with Crippen molar-refractivity contribution in [3.05, 3.63) is 52.5 Å². The van der Waals surface area contributed by atoms with Crippen molar-refractivity contribution in [2.75, 3.05) is 13.1 Å². The van der Waals surface area contributed by atoms with Gasteiger partial charge < -0.3 is 10.2 Å². The van der Waals surface area contributed by atoms with Gasteiger partial charge in [-0.25, -0.2) is 9.67 Å². The second-order valence-electron chi connectivity index (χ2n) is 7.65. The van der Waals surface area contributed by atoms with Gasteiger partial charge in [0.05, 0.1) is 10.9 Å². The van der Waals surface area contributed by atoms with E-state index in [1.807, 2.05) is 27.1 Å². The van der Waals surface area contributed by atoms with E-state index >= 15 is 0 Å². The van der Waals surface area contributed by atoms with E-state index in [4.69, 9.17) is 0 Å². The molecule has 0 bridgehead atoms. The van der Waals surface area contributed by atoms with Gasteiger partial charge in [0.25, 0.3) is 11.8 Å². The first-order chi connectivity index (χ1) is 14.1. The van der Waals surface area contributed by atoms with Gasteiger partial charge in [-0.05, 0) is 30.4 Å². The van der Waals surface area contributed by atoms with Crippen molar-refractivity contribution < 1.29 is 9.59 Å². The van der Waals surface area contributed by atoms with E-state index < -0.39 is 0 Å². The number of amides is 2. The van der Waals surface area contributed by atoms with E-state index in [2.05, 4.69) is 20.5 Å². The van der Waals surface area contributed by atoms with E-state index in [-0.39, 0.29) is 23.3 Å². The van der Waals surface area contributed by atoms with Crippen molar-refractivity contribution in [2.24, 2.45) is 12.5 Å². The number of carbonyl (C=O) groups is 2. The summed E-state index contributed by atoms with van der Waals surface area (Å²) in [5, 5.41) is 13.5. The minimum atomic E-state index is -0.294. The van der Waals surface area contributed by atoms with E-state index in [1.54, 1.807) is 24.0 Å². The fraction of sp³-hybridized carbons (Fsp3) is 0.421. The molecule has 3 aromatic rings. The maximum Gasteiger partial charge on any atom is 0.272 e. The molecule has 1 spiro atoms. The molecule has 5 rings (SSSR count). The van der Waals surface area contributed by atoms with Crippen LogP contribution in [0.2, 0.25) is 0 Å². The highest BCUT2D eigenvalue weighted by Gasteiger charge is 2.51. The van der Waals surface area contributed by atoms with Crippen LogP contribution < -0.4 is 5.32 Å². The fourth-order valence-corrected chi connectivity index (χ4v) is 5.12. The lowest BCUT2D eigenvalue weighted by Crippen LogP contribution is -2.48. The molecule has 0 aromatic carbocycles. The molecule has 2 aliphatic heterocycles. The Hall–Kier alpha value is -3.01. The molecule has 0 unspecified atom stereocenters. The average molecular weight is 411 g/mol. The number of rotatable bonds is 3. The van der Waals surface area contributed by atoms with Crippen LogP contribution in [-0.2, 0) is 13.6 Å². The van der Waals surface area contributed by atoms with E-state index in [9.17, 15) is 9.59 Å². The molecule has 9 nitrogen and oxygen atoms in total. The Balaban J connectivity index is 1.44. The van der Waals surface area contributed by atoms with Crippen LogP contribution in [0.15, 0.2) is 36.1 Å². The van der Waals surface area contributed by atoms with Crippen LogP contribution in [0, 0.1) is 5.41 Å². The molecule has 2 atom stereocenters. The van der Waals surface area contributed by atoms with E-state index in [0.717, 1.165) is 25.2 Å². The minimum absolute atomic E-state index is 0.0303. The molecule has 3 aromatic heterocycles. The first-order valence-electron chi connectivity index (χ1n) is 9.57. The lowest BCUT2D eigenvalue weighted by atomic mass is 9.74. The second kappa shape index (κ2) is 6.80. The van der Waals surface area contributed by atoms with Crippen LogP contribution in [0.3, 0.4) is 0 Å². The normalized spacial score (nSPS) is 23.3. The topological polar surface area (TPSA) is 97.9 Å². The maximum absolute atomic E-state index is 13.0. The molecule has 5 heterocycles. The molecule has 0 saturated carbocycles. The van der Waals surface area contributed by atoms with Gasteiger partial charge >= 0.3 is 0 Å². The standard InChI is InChI=1S/C19H21N7O2S/c1-24-13(4-7-21-24)18(28)25-8-5-19(11-25)6-9-26-16(20-12-22-26)15(19)23-17(27)14-3-2-10-29-14/h2-4,7,10,12,15H,5-6,8-9,11H2,1H3,(H,23,27)/t15-,19+/m0/s1. The summed E-state index contributed by atoms with van der Waals surface area (Å²) in [6.45, 7) is 1.94. The van der Waals surface area contributed by atoms with Crippen LogP contribution in [0.5, 0.6) is 0 Å². The highest BCUT2D eigenvalue weighted by Crippen LogP contribution is 2.47. The van der Waals surface area contributed by atoms with Gasteiger partial charge in [0.1, 0.15) is 17.8 Å². The number of hydrogen-bond acceptors (Lipinski definition) is 6. The Morgan fingerprint density at radius 3 is 2.86 bits per heavy atom. The number of nitrogens with one attached hydrogen (secondary N) is 1. The van der Waals surface area contributed by atoms with Crippen molar-refractivity contribution >= 4 is 23.2 Å². The summed E-state index contributed by atoms with van der Waals surface area (Å²) in [5.41, 5.74) is 0.310. The lowest BCUT2D eigenvalue weighted by Gasteiger charge is -2.40. The van der Waals surface area contributed by atoms with E-state index in [1.165, 1.54) is 17.7 Å². The monoisotopic (exact) mass is 411 g/mol. The summed E-state index contributed by atoms with van der Waals surface area (Å²) in [4.78, 5) is 32.8. The highest BCUT2D eigenvalue weighted by molar-refractivity contribution is 7.12. The number of fused-ring (bicyclic) bond motifs is 1. The van der Waals surface area contributed by atoms with Crippen LogP contribution in [-0.4, -0.2) is 54.3 Å². The van der Waals surface area contributed by atoms with Crippen LogP contribution >= 0.6 is 11.3 Å². The summed E-state index contributed by atoms with van der Waals surface area (Å²) in [5.74, 6) is 0.616. The van der Waals surface area contributed by atoms with Gasteiger partial charge in [-0.3, -0.25) is 14.3 Å². The molecule has 10 heteroatoms. The van der Waals surface area contributed by atoms with Crippen molar-refractivity contribution in [2.45, 2.75) is 25.4 Å². The highest BCUT2D eigenvalue weighted by atomic mass is 32.1. The predicted molar refractivity (Wildman–Crippen MR) is 105 cm³/mol. The van der Waals surface area contributed by atoms with Crippen LogP contribution in [0.25, 0.3) is 0 Å². The van der Waals surface area contributed by atoms with Gasteiger partial charge in [-0.15, -0.1) is 11.3 Å². The first kappa shape index (κ1) is 18.0. The Morgan fingerprint density at radius 1 is 1.24 bits per heavy atom. The third-order valence-corrected chi connectivity index (χ3v) is 6.94. The Kier molecular flexibility index (Phi) is 4.23. The zero-order valence-electron chi connectivity index (χ0n) is 16.0. The summed E-state index contributed by atoms with van der Waals surface area (Å²) in [6.07, 6.45) is 4.80. The lowest BCUT2D eigenvalue weighted by molar-refractivity contribution is 0.0694. The zero-order chi connectivity index (χ0) is 20.0. The van der Waals surface area contributed by atoms with Gasteiger partial charge in [-0.2, -0.15) is 10.2 Å². The maximum atomic E-state index is 13.0. The summed E-state index contributed by atoms with van der Waals surface area (Å²) in [6, 6.07) is 5.12. The molecular weight excluding hydrogens is 390 g/mol. The quantitative estimate of drug-likeness (QED) is 0.704. The van der Waals surface area contributed by atoms with Crippen molar-refractivity contribution in [1.29, 1.82) is 0 Å². The van der Waals surface area contributed by atoms with Crippen LogP contribution in [0.1, 0.15) is 44.9 Å². The minimum Gasteiger partial charge on any atom is -0.341 e. The Morgan fingerprint density at radius 2 is 2.10 bits per heavy atom. The number of carbonyl (C=O) groups excluding carboxylic acids is 2. The van der Waals surface area contributed by atoms with Crippen molar-refractivity contribution in [3.8, 4) is 0 Å². The summed E-state index contributed by atoms with van der Waals surface area (Å²) < 4.78 is 3.46. The molecular formula is C19H21N7O2S. The predicted octanol–water partition coefficient (Wildman–Crippen LogP) is 1.48. The molecule has 150 valence electrons. The SMILES string of the molecule is Cn1nccc1C(=O)N1CC[C@@]2(CCn3ncnc3[C@@H]2NC(=O)c2cccs2)C1. The number of hydrogen-bond donors (Lipinski definition) is 1.